The molecular weight excluding hydrogens is 1750 g/mol. The van der Waals surface area contributed by atoms with Crippen molar-refractivity contribution < 1.29 is 19.2 Å². The van der Waals surface area contributed by atoms with E-state index in [1.165, 1.54) is 214 Å². The van der Waals surface area contributed by atoms with Crippen LogP contribution < -0.4 is 26.5 Å². The van der Waals surface area contributed by atoms with Crippen LogP contribution in [0.2, 0.25) is 53.8 Å². The van der Waals surface area contributed by atoms with Gasteiger partial charge in [-0.05, 0) is 105 Å². The summed E-state index contributed by atoms with van der Waals surface area (Å²) < 4.78 is 5.15. The van der Waals surface area contributed by atoms with Crippen LogP contribution >= 0.6 is 99.9 Å². The van der Waals surface area contributed by atoms with Gasteiger partial charge in [-0.25, -0.2) is 0 Å². The van der Waals surface area contributed by atoms with E-state index < -0.39 is 52.9 Å². The molecule has 0 N–H and O–H groups in total. The molecule has 0 aromatic carbocycles. The number of hydrogen-bond donors (Lipinski definition) is 0. The van der Waals surface area contributed by atoms with Crippen molar-refractivity contribution in [1.82, 2.24) is 9.80 Å². The van der Waals surface area contributed by atoms with Gasteiger partial charge in [0.25, 0.3) is 23.6 Å². The zero-order chi connectivity index (χ0) is 74.4. The van der Waals surface area contributed by atoms with Gasteiger partial charge in [-0.3, -0.25) is 29.0 Å². The predicted octanol–water partition coefficient (Wildman–Crippen LogP) is 26.2. The smallest absolute Gasteiger partial charge is 0.263 e. The molecule has 102 heavy (non-hydrogen) atoms. The topological polar surface area (TPSA) is 74.8 Å². The van der Waals surface area contributed by atoms with Gasteiger partial charge in [-0.2, -0.15) is 0 Å². The Morgan fingerprint density at radius 2 is 0.686 bits per heavy atom. The van der Waals surface area contributed by atoms with E-state index in [0.29, 0.717) is 35.3 Å². The molecule has 0 saturated heterocycles. The second-order valence-electron chi connectivity index (χ2n) is 33.0. The van der Waals surface area contributed by atoms with E-state index in [1.54, 1.807) is 36.4 Å². The maximum Gasteiger partial charge on any atom is 0.263 e. The quantitative estimate of drug-likeness (QED) is 0.0218. The van der Waals surface area contributed by atoms with E-state index in [0.717, 1.165) is 66.7 Å². The van der Waals surface area contributed by atoms with Crippen LogP contribution in [0.1, 0.15) is 300 Å². The summed E-state index contributed by atoms with van der Waals surface area (Å²) in [6.07, 6.45) is 35.3. The van der Waals surface area contributed by atoms with Crippen molar-refractivity contribution in [3.63, 3.8) is 0 Å². The van der Waals surface area contributed by atoms with Crippen molar-refractivity contribution in [3.8, 4) is 29.3 Å². The zero-order valence-electron chi connectivity index (χ0n) is 66.4. The predicted molar refractivity (Wildman–Crippen MR) is 474 cm³/mol. The van der Waals surface area contributed by atoms with E-state index >= 15 is 0 Å². The van der Waals surface area contributed by atoms with E-state index in [4.69, 9.17) is 0 Å². The van der Waals surface area contributed by atoms with E-state index in [9.17, 15) is 19.2 Å². The molecule has 0 bridgehead atoms. The van der Waals surface area contributed by atoms with Crippen LogP contribution in [-0.4, -0.2) is 99.4 Å². The second kappa shape index (κ2) is 40.1. The Labute approximate surface area is 670 Å². The van der Waals surface area contributed by atoms with Crippen molar-refractivity contribution in [3.05, 3.63) is 63.8 Å². The van der Waals surface area contributed by atoms with Gasteiger partial charge < -0.3 is 0 Å². The van der Waals surface area contributed by atoms with Crippen LogP contribution in [0.4, 0.5) is 0 Å². The molecule has 0 aliphatic carbocycles. The maximum absolute atomic E-state index is 14.0. The first-order valence-electron chi connectivity index (χ1n) is 40.6. The number of aryl methyl sites for hydroxylation is 2. The number of fused-ring (bicyclic) bond motifs is 8. The average molecular weight is 1880 g/mol. The molecule has 4 unspecified atom stereocenters. The normalized spacial score (nSPS) is 17.0. The first-order valence-corrected chi connectivity index (χ1v) is 71.9. The number of hydrogen-bond acceptors (Lipinski definition) is 10. The average Bonchev–Trinajstić information content (AvgIpc) is 1.54. The summed E-state index contributed by atoms with van der Waals surface area (Å²) >= 11 is 14.0. The van der Waals surface area contributed by atoms with Gasteiger partial charge in [0.2, 0.25) is 0 Å². The molecule has 566 valence electrons. The fourth-order valence-electron chi connectivity index (χ4n) is 16.9. The summed E-state index contributed by atoms with van der Waals surface area (Å²) in [4.78, 5) is 82.2. The van der Waals surface area contributed by atoms with E-state index in [-0.39, 0.29) is 23.6 Å². The molecule has 10 rings (SSSR count). The summed E-state index contributed by atoms with van der Waals surface area (Å²) in [6.45, 7) is 29.1. The van der Waals surface area contributed by atoms with E-state index in [2.05, 4.69) is 185 Å². The summed E-state index contributed by atoms with van der Waals surface area (Å²) in [7, 11) is -3.83. The van der Waals surface area contributed by atoms with Gasteiger partial charge >= 0.3 is 238 Å². The Bertz CT molecular complexity index is 3610. The summed E-state index contributed by atoms with van der Waals surface area (Å²) in [6, 6.07) is 16.6. The molecule has 4 aliphatic heterocycles. The number of amides is 4. The Kier molecular flexibility index (Phi) is 34.2. The van der Waals surface area contributed by atoms with Gasteiger partial charge in [-0.15, -0.1) is 45.3 Å². The molecule has 0 fully saturated rings. The largest absolute Gasteiger partial charge is 0.274 e. The van der Waals surface area contributed by atoms with Crippen molar-refractivity contribution in [1.29, 1.82) is 0 Å². The number of unbranched alkanes of at least 4 members (excludes halogenated alkanes) is 14. The molecule has 18 heteroatoms. The molecular formula is C84H130Br2N2O4S6Si2Sn2. The molecule has 0 radical (unpaired) electrons. The van der Waals surface area contributed by atoms with Crippen LogP contribution in [0.3, 0.4) is 0 Å². The van der Waals surface area contributed by atoms with Crippen molar-refractivity contribution in [2.24, 2.45) is 23.7 Å². The van der Waals surface area contributed by atoms with Crippen LogP contribution in [0.15, 0.2) is 31.8 Å². The van der Waals surface area contributed by atoms with Crippen molar-refractivity contribution in [2.45, 2.75) is 317 Å². The number of thiophene rings is 6. The van der Waals surface area contributed by atoms with Gasteiger partial charge in [0, 0.05) is 37.5 Å². The third kappa shape index (κ3) is 20.0. The third-order valence-corrected chi connectivity index (χ3v) is 62.1. The van der Waals surface area contributed by atoms with Gasteiger partial charge in [0.15, 0.2) is 0 Å². The summed E-state index contributed by atoms with van der Waals surface area (Å²) in [5.74, 6) is 2.90. The SMILES string of the molecule is CCCCC(CC)C[Si]1(CC(CC)CCCC)c2c[c]([Sn]([CH3])([CH3])[CH3])sc2-c2s[c]([Sn]([CH3])([CH3])[CH3])cc21.CCCCCCCCN1C(=O)c2c(Br)sc(Br)c2C1=O.CCCCCCCCN1C(=O)c2c(C)sc(-c3cc4c(s3)-c3sc(C)cc3[Si]4(CC(CC)CCCC)CC(CC)CCCC)c2C1=O. The van der Waals surface area contributed by atoms with Crippen LogP contribution in [-0.2, 0) is 0 Å². The van der Waals surface area contributed by atoms with Crippen molar-refractivity contribution >= 4 is 203 Å². The second-order valence-corrected chi connectivity index (χ2v) is 81.2. The van der Waals surface area contributed by atoms with Gasteiger partial charge in [0.1, 0.15) is 8.07 Å². The van der Waals surface area contributed by atoms with Crippen LogP contribution in [0, 0.1) is 37.5 Å². The molecule has 6 nitrogen and oxygen atoms in total. The molecule has 4 aliphatic rings. The minimum Gasteiger partial charge on any atom is -0.274 e. The van der Waals surface area contributed by atoms with Crippen LogP contribution in [0.25, 0.3) is 29.3 Å². The Morgan fingerprint density at radius 3 is 1.06 bits per heavy atom. The number of carbonyl (C=O) groups is 4. The minimum absolute atomic E-state index is 0.0566. The number of imide groups is 2. The molecule has 4 amide bonds. The number of carbonyl (C=O) groups excluding carboxylic acids is 4. The molecule has 10 heterocycles. The standard InChI is InChI=1S/C40H59NO2S3Si.C24H36S2Si.C14H17Br2NO2S.6CH3.2Sn/c1-8-13-16-17-18-19-22-41-39(42)34-28(7)45-36(35(34)40(41)43)31-24-33-38(46-31)37-32(23-27(6)44-37)47(33,25-29(11-4)20-14-9-2)26-30(12-5)21-15-10-3;1-5-9-11-19(7-3)17-27(18-20(8-4)12-10-6-2)21-13-15-25-23(21)24-22(27)14-16-26-24;1-2-3-4-5-6-7-8-17-13(18)9-10(14(17)19)12(16)20-11(9)15;;;;;;;;/h23-24,29-30H,8-22,25-26H2,1-7H3;13-14,19-20H,5-12,17-18H2,1-4H3;2-8H2,1H3;6*1H3;;. The fourth-order valence-corrected chi connectivity index (χ4v) is 53.2. The first-order chi connectivity index (χ1) is 48.7. The Balaban J connectivity index is 0.000000210. The van der Waals surface area contributed by atoms with Gasteiger partial charge in [0.05, 0.1) is 34.7 Å². The number of halogens is 2. The summed E-state index contributed by atoms with van der Waals surface area (Å²) in [5.41, 5.74) is 2.43. The van der Waals surface area contributed by atoms with Crippen molar-refractivity contribution in [2.75, 3.05) is 13.1 Å². The minimum atomic E-state index is -2.12. The molecule has 4 atom stereocenters. The number of rotatable bonds is 41. The zero-order valence-corrected chi connectivity index (χ0v) is 82.2. The summed E-state index contributed by atoms with van der Waals surface area (Å²) in [5, 5.41) is 7.22. The monoisotopic (exact) mass is 1880 g/mol. The molecule has 6 aromatic rings. The Morgan fingerprint density at radius 1 is 0.363 bits per heavy atom. The van der Waals surface area contributed by atoms with E-state index in [1.807, 2.05) is 45.8 Å². The maximum atomic E-state index is 14.0. The first kappa shape index (κ1) is 87.1. The molecule has 6 aromatic heterocycles. The van der Waals surface area contributed by atoms with Gasteiger partial charge in [-0.1, -0.05) is 157 Å². The van der Waals surface area contributed by atoms with Crippen LogP contribution in [0.5, 0.6) is 0 Å². The molecule has 0 saturated carbocycles. The third-order valence-electron chi connectivity index (χ3n) is 23.2. The Hall–Kier alpha value is -0.529. The number of nitrogens with zero attached hydrogens (tertiary/aromatic N) is 2. The fraction of sp³-hybridized carbons (Fsp3) is 0.667. The molecule has 0 spiro atoms.